The van der Waals surface area contributed by atoms with Gasteiger partial charge in [-0.2, -0.15) is 0 Å². The molecular formula is C13H16N2O. The van der Waals surface area contributed by atoms with Gasteiger partial charge < -0.3 is 10.2 Å². The van der Waals surface area contributed by atoms with Gasteiger partial charge in [0.05, 0.1) is 0 Å². The van der Waals surface area contributed by atoms with Crippen LogP contribution in [-0.4, -0.2) is 11.5 Å². The van der Waals surface area contributed by atoms with Crippen LogP contribution >= 0.6 is 0 Å². The number of nitrogens with two attached hydrogens (primary N) is 1. The number of rotatable bonds is 4. The molecule has 3 heteroatoms. The summed E-state index contributed by atoms with van der Waals surface area (Å²) >= 11 is 0. The number of hydrogen-bond acceptors (Lipinski definition) is 3. The Labute approximate surface area is 95.3 Å². The summed E-state index contributed by atoms with van der Waals surface area (Å²) in [5.74, 6) is 0.767. The van der Waals surface area contributed by atoms with Gasteiger partial charge in [0.15, 0.2) is 5.89 Å². The number of hydrogen-bond donors (Lipinski definition) is 1. The molecule has 0 aliphatic heterocycles. The van der Waals surface area contributed by atoms with Crippen molar-refractivity contribution < 1.29 is 4.42 Å². The monoisotopic (exact) mass is 216 g/mol. The lowest BCUT2D eigenvalue weighted by molar-refractivity contribution is 0.488. The number of benzene rings is 1. The van der Waals surface area contributed by atoms with Gasteiger partial charge in [0.1, 0.15) is 12.0 Å². The van der Waals surface area contributed by atoms with Crippen molar-refractivity contribution in [3.8, 4) is 11.3 Å². The van der Waals surface area contributed by atoms with Crippen molar-refractivity contribution in [2.45, 2.75) is 19.8 Å². The molecular weight excluding hydrogens is 200 g/mol. The zero-order valence-electron chi connectivity index (χ0n) is 9.44. The van der Waals surface area contributed by atoms with Crippen LogP contribution in [0.4, 0.5) is 0 Å². The van der Waals surface area contributed by atoms with Gasteiger partial charge >= 0.3 is 0 Å². The Kier molecular flexibility index (Phi) is 3.37. The van der Waals surface area contributed by atoms with E-state index >= 15 is 0 Å². The molecule has 0 saturated carbocycles. The molecule has 0 saturated heterocycles. The van der Waals surface area contributed by atoms with E-state index in [1.165, 1.54) is 5.56 Å². The van der Waals surface area contributed by atoms with Crippen LogP contribution in [0.2, 0.25) is 0 Å². The minimum absolute atomic E-state index is 0.669. The summed E-state index contributed by atoms with van der Waals surface area (Å²) in [4.78, 5) is 4.46. The predicted octanol–water partition coefficient (Wildman–Crippen LogP) is 2.54. The zero-order valence-corrected chi connectivity index (χ0v) is 9.44. The molecule has 2 rings (SSSR count). The van der Waals surface area contributed by atoms with E-state index in [2.05, 4.69) is 24.0 Å². The topological polar surface area (TPSA) is 52.0 Å². The fourth-order valence-corrected chi connectivity index (χ4v) is 1.66. The van der Waals surface area contributed by atoms with E-state index in [9.17, 15) is 0 Å². The van der Waals surface area contributed by atoms with E-state index < -0.39 is 0 Å². The average molecular weight is 216 g/mol. The van der Waals surface area contributed by atoms with Gasteiger partial charge in [-0.15, -0.1) is 0 Å². The van der Waals surface area contributed by atoms with Gasteiger partial charge in [-0.3, -0.25) is 0 Å². The third-order valence-electron chi connectivity index (χ3n) is 2.57. The number of nitrogens with zero attached hydrogens (tertiary/aromatic N) is 1. The Morgan fingerprint density at radius 2 is 2.12 bits per heavy atom. The maximum absolute atomic E-state index is 5.45. The van der Waals surface area contributed by atoms with E-state index in [1.807, 2.05) is 12.1 Å². The Morgan fingerprint density at radius 1 is 1.31 bits per heavy atom. The van der Waals surface area contributed by atoms with E-state index in [0.717, 1.165) is 30.0 Å². The van der Waals surface area contributed by atoms with E-state index in [0.29, 0.717) is 6.54 Å². The quantitative estimate of drug-likeness (QED) is 0.854. The minimum atomic E-state index is 0.669. The first-order chi connectivity index (χ1) is 7.81. The van der Waals surface area contributed by atoms with Crippen LogP contribution in [0, 0.1) is 6.92 Å². The molecule has 1 heterocycles. The third-order valence-corrected chi connectivity index (χ3v) is 2.57. The summed E-state index contributed by atoms with van der Waals surface area (Å²) in [6.45, 7) is 2.74. The summed E-state index contributed by atoms with van der Waals surface area (Å²) < 4.78 is 5.41. The zero-order chi connectivity index (χ0) is 11.4. The Balaban J connectivity index is 2.22. The molecule has 0 bridgehead atoms. The Bertz CT molecular complexity index is 462. The lowest BCUT2D eigenvalue weighted by atomic mass is 10.1. The molecule has 0 amide bonds. The van der Waals surface area contributed by atoms with Gasteiger partial charge in [0, 0.05) is 12.0 Å². The highest BCUT2D eigenvalue weighted by Gasteiger charge is 2.07. The average Bonchev–Trinajstić information content (AvgIpc) is 2.75. The molecule has 0 unspecified atom stereocenters. The smallest absolute Gasteiger partial charge is 0.194 e. The lowest BCUT2D eigenvalue weighted by Crippen LogP contribution is -2.00. The standard InChI is InChI=1S/C13H16N2O/c1-10-5-2-3-6-11(10)12-9-16-13(15-12)7-4-8-14/h2-3,5-6,9H,4,7-8,14H2,1H3. The number of oxazole rings is 1. The number of aryl methyl sites for hydroxylation is 2. The Morgan fingerprint density at radius 3 is 2.88 bits per heavy atom. The second kappa shape index (κ2) is 4.94. The van der Waals surface area contributed by atoms with Gasteiger partial charge in [0.2, 0.25) is 0 Å². The molecule has 84 valence electrons. The van der Waals surface area contributed by atoms with Gasteiger partial charge in [-0.1, -0.05) is 24.3 Å². The largest absolute Gasteiger partial charge is 0.448 e. The molecule has 1 aromatic carbocycles. The molecule has 2 aromatic rings. The van der Waals surface area contributed by atoms with Crippen molar-refractivity contribution in [1.29, 1.82) is 0 Å². The van der Waals surface area contributed by atoms with Crippen molar-refractivity contribution in [3.05, 3.63) is 42.0 Å². The summed E-state index contributed by atoms with van der Waals surface area (Å²) in [6.07, 6.45) is 3.43. The second-order valence-corrected chi connectivity index (χ2v) is 3.83. The summed E-state index contributed by atoms with van der Waals surface area (Å²) in [7, 11) is 0. The first-order valence-electron chi connectivity index (χ1n) is 5.51. The molecule has 0 aliphatic rings. The molecule has 2 N–H and O–H groups in total. The van der Waals surface area contributed by atoms with Gasteiger partial charge in [0.25, 0.3) is 0 Å². The van der Waals surface area contributed by atoms with E-state index in [-0.39, 0.29) is 0 Å². The Hall–Kier alpha value is -1.61. The first-order valence-corrected chi connectivity index (χ1v) is 5.51. The highest BCUT2D eigenvalue weighted by Crippen LogP contribution is 2.22. The molecule has 0 atom stereocenters. The van der Waals surface area contributed by atoms with Crippen molar-refractivity contribution in [1.82, 2.24) is 4.98 Å². The van der Waals surface area contributed by atoms with Gasteiger partial charge in [-0.25, -0.2) is 4.98 Å². The molecule has 0 radical (unpaired) electrons. The van der Waals surface area contributed by atoms with Crippen molar-refractivity contribution in [2.75, 3.05) is 6.54 Å². The van der Waals surface area contributed by atoms with Crippen LogP contribution in [0.1, 0.15) is 17.9 Å². The van der Waals surface area contributed by atoms with Crippen LogP contribution in [0.25, 0.3) is 11.3 Å². The first kappa shape index (κ1) is 10.9. The predicted molar refractivity (Wildman–Crippen MR) is 64.1 cm³/mol. The van der Waals surface area contributed by atoms with Crippen LogP contribution in [0.15, 0.2) is 34.9 Å². The molecule has 3 nitrogen and oxygen atoms in total. The SMILES string of the molecule is Cc1ccccc1-c1coc(CCCN)n1. The van der Waals surface area contributed by atoms with Crippen LogP contribution in [0.5, 0.6) is 0 Å². The van der Waals surface area contributed by atoms with Crippen molar-refractivity contribution in [3.63, 3.8) is 0 Å². The summed E-state index contributed by atoms with van der Waals surface area (Å²) in [5.41, 5.74) is 8.70. The van der Waals surface area contributed by atoms with Crippen LogP contribution < -0.4 is 5.73 Å². The van der Waals surface area contributed by atoms with Gasteiger partial charge in [-0.05, 0) is 25.5 Å². The van der Waals surface area contributed by atoms with Crippen molar-refractivity contribution in [2.24, 2.45) is 5.73 Å². The fourth-order valence-electron chi connectivity index (χ4n) is 1.66. The molecule has 0 spiro atoms. The molecule has 16 heavy (non-hydrogen) atoms. The molecule has 1 aromatic heterocycles. The number of aromatic nitrogens is 1. The minimum Gasteiger partial charge on any atom is -0.448 e. The highest BCUT2D eigenvalue weighted by atomic mass is 16.3. The summed E-state index contributed by atoms with van der Waals surface area (Å²) in [5, 5.41) is 0. The third kappa shape index (κ3) is 2.31. The molecule has 0 fully saturated rings. The molecule has 0 aliphatic carbocycles. The summed E-state index contributed by atoms with van der Waals surface area (Å²) in [6, 6.07) is 8.16. The maximum Gasteiger partial charge on any atom is 0.194 e. The fraction of sp³-hybridized carbons (Fsp3) is 0.308. The van der Waals surface area contributed by atoms with E-state index in [1.54, 1.807) is 6.26 Å². The highest BCUT2D eigenvalue weighted by molar-refractivity contribution is 5.62. The lowest BCUT2D eigenvalue weighted by Gasteiger charge is -1.99. The van der Waals surface area contributed by atoms with Crippen LogP contribution in [-0.2, 0) is 6.42 Å². The van der Waals surface area contributed by atoms with Crippen LogP contribution in [0.3, 0.4) is 0 Å². The second-order valence-electron chi connectivity index (χ2n) is 3.83. The maximum atomic E-state index is 5.45. The van der Waals surface area contributed by atoms with E-state index in [4.69, 9.17) is 10.2 Å². The normalized spacial score (nSPS) is 10.6. The van der Waals surface area contributed by atoms with Crippen molar-refractivity contribution >= 4 is 0 Å².